The highest BCUT2D eigenvalue weighted by Gasteiger charge is 2.59. The lowest BCUT2D eigenvalue weighted by Gasteiger charge is -2.55. The number of hydrogen-bond acceptors (Lipinski definition) is 3. The zero-order valence-corrected chi connectivity index (χ0v) is 13.7. The molecule has 3 rings (SSSR count). The van der Waals surface area contributed by atoms with Crippen LogP contribution in [0.5, 0.6) is 0 Å². The second kappa shape index (κ2) is 5.58. The van der Waals surface area contributed by atoms with Gasteiger partial charge in [-0.05, 0) is 38.3 Å². The summed E-state index contributed by atoms with van der Waals surface area (Å²) in [7, 11) is 0. The first kappa shape index (κ1) is 14.8. The Morgan fingerprint density at radius 1 is 1.25 bits per heavy atom. The van der Waals surface area contributed by atoms with Crippen LogP contribution in [-0.2, 0) is 4.74 Å². The molecule has 3 aliphatic rings. The predicted molar refractivity (Wildman–Crippen MR) is 82.9 cm³/mol. The van der Waals surface area contributed by atoms with Crippen LogP contribution in [0.3, 0.4) is 0 Å². The minimum absolute atomic E-state index is 0.313. The summed E-state index contributed by atoms with van der Waals surface area (Å²) < 4.78 is 5.90. The lowest BCUT2D eigenvalue weighted by Crippen LogP contribution is -2.67. The summed E-state index contributed by atoms with van der Waals surface area (Å²) in [5, 5.41) is 3.92. The molecule has 0 aromatic carbocycles. The van der Waals surface area contributed by atoms with Crippen molar-refractivity contribution in [1.82, 2.24) is 10.2 Å². The maximum atomic E-state index is 5.90. The van der Waals surface area contributed by atoms with Gasteiger partial charge >= 0.3 is 0 Å². The van der Waals surface area contributed by atoms with Crippen molar-refractivity contribution in [3.63, 3.8) is 0 Å². The standard InChI is InChI=1S/C17H32N2O/c1-12(2)14(19-8-5-6-9-19)11-18-15-13-7-10-20-16(13)17(15,3)4/h12-16,18H,5-11H2,1-4H3. The Hall–Kier alpha value is -0.120. The second-order valence-electron chi connectivity index (χ2n) is 8.01. The van der Waals surface area contributed by atoms with Crippen LogP contribution in [0.2, 0.25) is 0 Å². The second-order valence-corrected chi connectivity index (χ2v) is 8.01. The fraction of sp³-hybridized carbons (Fsp3) is 1.00. The lowest BCUT2D eigenvalue weighted by atomic mass is 9.57. The fourth-order valence-electron chi connectivity index (χ4n) is 4.85. The Balaban J connectivity index is 1.57. The molecule has 116 valence electrons. The fourth-order valence-corrected chi connectivity index (χ4v) is 4.85. The van der Waals surface area contributed by atoms with E-state index >= 15 is 0 Å². The van der Waals surface area contributed by atoms with Crippen LogP contribution >= 0.6 is 0 Å². The summed E-state index contributed by atoms with van der Waals surface area (Å²) in [5.41, 5.74) is 0.313. The van der Waals surface area contributed by atoms with Gasteiger partial charge in [0.05, 0.1) is 6.10 Å². The van der Waals surface area contributed by atoms with Crippen molar-refractivity contribution in [3.05, 3.63) is 0 Å². The molecule has 0 radical (unpaired) electrons. The van der Waals surface area contributed by atoms with E-state index in [-0.39, 0.29) is 0 Å². The molecule has 2 heterocycles. The first-order valence-electron chi connectivity index (χ1n) is 8.61. The number of rotatable bonds is 5. The maximum absolute atomic E-state index is 5.90. The Morgan fingerprint density at radius 3 is 2.60 bits per heavy atom. The lowest BCUT2D eigenvalue weighted by molar-refractivity contribution is -0.113. The summed E-state index contributed by atoms with van der Waals surface area (Å²) in [6.07, 6.45) is 4.53. The summed E-state index contributed by atoms with van der Waals surface area (Å²) >= 11 is 0. The van der Waals surface area contributed by atoms with Gasteiger partial charge in [-0.2, -0.15) is 0 Å². The van der Waals surface area contributed by atoms with Crippen LogP contribution in [0.1, 0.15) is 47.0 Å². The average molecular weight is 280 g/mol. The third kappa shape index (κ3) is 2.42. The molecular weight excluding hydrogens is 248 g/mol. The first-order chi connectivity index (χ1) is 9.51. The highest BCUT2D eigenvalue weighted by Crippen LogP contribution is 2.52. The average Bonchev–Trinajstić information content (AvgIpc) is 3.03. The zero-order chi connectivity index (χ0) is 14.3. The minimum Gasteiger partial charge on any atom is -0.377 e. The molecule has 0 amide bonds. The summed E-state index contributed by atoms with van der Waals surface area (Å²) in [5.74, 6) is 1.50. The van der Waals surface area contributed by atoms with E-state index in [1.807, 2.05) is 0 Å². The molecule has 3 heteroatoms. The van der Waals surface area contributed by atoms with Crippen LogP contribution in [0, 0.1) is 17.3 Å². The summed E-state index contributed by atoms with van der Waals surface area (Å²) in [6, 6.07) is 1.36. The molecule has 0 spiro atoms. The molecule has 4 atom stereocenters. The van der Waals surface area contributed by atoms with Gasteiger partial charge < -0.3 is 10.1 Å². The zero-order valence-electron chi connectivity index (χ0n) is 13.7. The van der Waals surface area contributed by atoms with Gasteiger partial charge in [-0.25, -0.2) is 0 Å². The molecule has 2 saturated heterocycles. The highest BCUT2D eigenvalue weighted by molar-refractivity contribution is 5.11. The number of nitrogens with one attached hydrogen (secondary N) is 1. The Kier molecular flexibility index (Phi) is 4.13. The Morgan fingerprint density at radius 2 is 1.95 bits per heavy atom. The molecule has 0 aromatic heterocycles. The van der Waals surface area contributed by atoms with E-state index in [2.05, 4.69) is 37.9 Å². The smallest absolute Gasteiger partial charge is 0.0685 e. The molecule has 20 heavy (non-hydrogen) atoms. The van der Waals surface area contributed by atoms with E-state index in [4.69, 9.17) is 4.74 Å². The van der Waals surface area contributed by atoms with E-state index in [1.165, 1.54) is 32.4 Å². The van der Waals surface area contributed by atoms with Crippen molar-refractivity contribution >= 4 is 0 Å². The van der Waals surface area contributed by atoms with Crippen molar-refractivity contribution in [2.75, 3.05) is 26.2 Å². The van der Waals surface area contributed by atoms with Gasteiger partial charge in [-0.3, -0.25) is 4.90 Å². The van der Waals surface area contributed by atoms with Gasteiger partial charge in [0.25, 0.3) is 0 Å². The largest absolute Gasteiger partial charge is 0.377 e. The number of ether oxygens (including phenoxy) is 1. The van der Waals surface area contributed by atoms with E-state index in [9.17, 15) is 0 Å². The molecule has 1 N–H and O–H groups in total. The molecular formula is C17H32N2O. The summed E-state index contributed by atoms with van der Waals surface area (Å²) in [4.78, 5) is 2.70. The van der Waals surface area contributed by atoms with Crippen LogP contribution in [0.4, 0.5) is 0 Å². The van der Waals surface area contributed by atoms with E-state index < -0.39 is 0 Å². The molecule has 2 aliphatic heterocycles. The Labute approximate surface area is 124 Å². The number of likely N-dealkylation sites (tertiary alicyclic amines) is 1. The van der Waals surface area contributed by atoms with Gasteiger partial charge in [0.1, 0.15) is 0 Å². The first-order valence-corrected chi connectivity index (χ1v) is 8.61. The molecule has 1 aliphatic carbocycles. The van der Waals surface area contributed by atoms with Crippen LogP contribution in [0.15, 0.2) is 0 Å². The van der Waals surface area contributed by atoms with Crippen molar-refractivity contribution < 1.29 is 4.74 Å². The van der Waals surface area contributed by atoms with E-state index in [1.54, 1.807) is 0 Å². The number of nitrogens with zero attached hydrogens (tertiary/aromatic N) is 1. The van der Waals surface area contributed by atoms with Crippen LogP contribution in [-0.4, -0.2) is 49.3 Å². The normalized spacial score (nSPS) is 38.0. The van der Waals surface area contributed by atoms with Crippen LogP contribution < -0.4 is 5.32 Å². The molecule has 3 nitrogen and oxygen atoms in total. The molecule has 4 unspecified atom stereocenters. The quantitative estimate of drug-likeness (QED) is 0.837. The monoisotopic (exact) mass is 280 g/mol. The third-order valence-electron chi connectivity index (χ3n) is 6.03. The summed E-state index contributed by atoms with van der Waals surface area (Å²) in [6.45, 7) is 14.2. The highest BCUT2D eigenvalue weighted by atomic mass is 16.5. The van der Waals surface area contributed by atoms with Gasteiger partial charge in [0.15, 0.2) is 0 Å². The van der Waals surface area contributed by atoms with Gasteiger partial charge in [0.2, 0.25) is 0 Å². The van der Waals surface area contributed by atoms with Crippen molar-refractivity contribution in [3.8, 4) is 0 Å². The molecule has 0 bridgehead atoms. The van der Waals surface area contributed by atoms with E-state index in [0.29, 0.717) is 23.6 Å². The number of hydrogen-bond donors (Lipinski definition) is 1. The van der Waals surface area contributed by atoms with Crippen LogP contribution in [0.25, 0.3) is 0 Å². The maximum Gasteiger partial charge on any atom is 0.0685 e. The van der Waals surface area contributed by atoms with Crippen molar-refractivity contribution in [1.29, 1.82) is 0 Å². The topological polar surface area (TPSA) is 24.5 Å². The molecule has 0 aromatic rings. The Bertz CT molecular complexity index is 329. The molecule has 1 saturated carbocycles. The van der Waals surface area contributed by atoms with Gasteiger partial charge in [0, 0.05) is 36.6 Å². The minimum atomic E-state index is 0.313. The number of fused-ring (bicyclic) bond motifs is 1. The molecule has 3 fully saturated rings. The van der Waals surface area contributed by atoms with Gasteiger partial charge in [-0.15, -0.1) is 0 Å². The van der Waals surface area contributed by atoms with Crippen molar-refractivity contribution in [2.45, 2.75) is 65.1 Å². The van der Waals surface area contributed by atoms with E-state index in [0.717, 1.165) is 25.0 Å². The SMILES string of the molecule is CC(C)C(CNC1C2CCOC2C1(C)C)N1CCCC1. The van der Waals surface area contributed by atoms with Gasteiger partial charge in [-0.1, -0.05) is 27.7 Å². The predicted octanol–water partition coefficient (Wildman–Crippen LogP) is 2.51. The van der Waals surface area contributed by atoms with Crippen molar-refractivity contribution in [2.24, 2.45) is 17.3 Å². The third-order valence-corrected chi connectivity index (χ3v) is 6.03.